The van der Waals surface area contributed by atoms with Gasteiger partial charge in [-0.25, -0.2) is 0 Å². The molecule has 0 fully saturated rings. The minimum atomic E-state index is -0.546. The van der Waals surface area contributed by atoms with Gasteiger partial charge in [0.05, 0.1) is 21.7 Å². The molecule has 23 aromatic carbocycles. The average Bonchev–Trinajstić information content (AvgIpc) is 1.50. The van der Waals surface area contributed by atoms with Crippen LogP contribution >= 0.6 is 0 Å². The zero-order chi connectivity index (χ0) is 97.3. The summed E-state index contributed by atoms with van der Waals surface area (Å²) in [6.45, 7) is 4.75. The number of fused-ring (bicyclic) bond motifs is 35. The molecule has 147 heavy (non-hydrogen) atoms. The highest BCUT2D eigenvalue weighted by Crippen LogP contribution is 2.71. The van der Waals surface area contributed by atoms with E-state index in [4.69, 9.17) is 0 Å². The van der Waals surface area contributed by atoms with Gasteiger partial charge in [0.25, 0.3) is 0 Å². The van der Waals surface area contributed by atoms with Crippen molar-refractivity contribution in [3.8, 4) is 122 Å². The highest BCUT2D eigenvalue weighted by molar-refractivity contribution is 6.00. The molecular weight excluding hydrogens is 1770 g/mol. The van der Waals surface area contributed by atoms with Crippen LogP contribution < -0.4 is 9.80 Å². The van der Waals surface area contributed by atoms with E-state index in [-0.39, 0.29) is 5.41 Å². The van der Waals surface area contributed by atoms with Gasteiger partial charge in [0.2, 0.25) is 0 Å². The van der Waals surface area contributed by atoms with Gasteiger partial charge in [-0.15, -0.1) is 0 Å². The second kappa shape index (κ2) is 33.4. The quantitative estimate of drug-likeness (QED) is 0.120. The van der Waals surface area contributed by atoms with Gasteiger partial charge < -0.3 is 9.80 Å². The summed E-state index contributed by atoms with van der Waals surface area (Å²) in [5, 5.41) is 0. The maximum absolute atomic E-state index is 2.49. The topological polar surface area (TPSA) is 6.48 Å². The molecule has 0 saturated carbocycles. The summed E-state index contributed by atoms with van der Waals surface area (Å²) in [5.74, 6) is 0. The van der Waals surface area contributed by atoms with E-state index in [1.165, 1.54) is 217 Å². The Kier molecular flexibility index (Phi) is 19.4. The molecule has 0 heterocycles. The first-order chi connectivity index (χ1) is 72.7. The molecule has 0 saturated heterocycles. The first kappa shape index (κ1) is 85.4. The van der Waals surface area contributed by atoms with Crippen molar-refractivity contribution in [1.29, 1.82) is 0 Å². The van der Waals surface area contributed by atoms with Crippen LogP contribution in [-0.4, -0.2) is 0 Å². The first-order valence-electron chi connectivity index (χ1n) is 51.6. The van der Waals surface area contributed by atoms with Crippen molar-refractivity contribution in [3.05, 3.63) is 658 Å². The predicted molar refractivity (Wildman–Crippen MR) is 609 cm³/mol. The van der Waals surface area contributed by atoms with Gasteiger partial charge in [0.15, 0.2) is 0 Å². The van der Waals surface area contributed by atoms with Crippen LogP contribution in [0.2, 0.25) is 0 Å². The Hall–Kier alpha value is -18.3. The van der Waals surface area contributed by atoms with Gasteiger partial charge in [-0.1, -0.05) is 481 Å². The van der Waals surface area contributed by atoms with Crippen LogP contribution in [0.3, 0.4) is 0 Å². The van der Waals surface area contributed by atoms with Gasteiger partial charge in [0.1, 0.15) is 0 Å². The Morgan fingerprint density at radius 2 is 0.313 bits per heavy atom. The van der Waals surface area contributed by atoms with E-state index < -0.39 is 21.7 Å². The van der Waals surface area contributed by atoms with Crippen LogP contribution in [0, 0.1) is 0 Å². The van der Waals surface area contributed by atoms with Crippen LogP contribution in [0.15, 0.2) is 558 Å². The summed E-state index contributed by atoms with van der Waals surface area (Å²) in [6, 6.07) is 209. The predicted octanol–water partition coefficient (Wildman–Crippen LogP) is 36.7. The number of rotatable bonds is 12. The van der Waals surface area contributed by atoms with E-state index in [1.54, 1.807) is 0 Å². The van der Waals surface area contributed by atoms with Crippen molar-refractivity contribution in [3.63, 3.8) is 0 Å². The molecule has 7 aliphatic carbocycles. The molecule has 7 aliphatic rings. The van der Waals surface area contributed by atoms with Gasteiger partial charge in [0, 0.05) is 39.5 Å². The molecule has 30 rings (SSSR count). The molecule has 0 atom stereocenters. The highest BCUT2D eigenvalue weighted by atomic mass is 15.1. The van der Waals surface area contributed by atoms with Crippen LogP contribution in [-0.2, 0) is 27.1 Å². The van der Waals surface area contributed by atoms with Crippen molar-refractivity contribution < 1.29 is 0 Å². The summed E-state index contributed by atoms with van der Waals surface area (Å²) < 4.78 is 0. The van der Waals surface area contributed by atoms with Gasteiger partial charge in [-0.05, 0) is 314 Å². The molecule has 4 spiro atoms. The highest BCUT2D eigenvalue weighted by Gasteiger charge is 2.61. The molecular formula is C145H98N2. The average molecular weight is 1870 g/mol. The summed E-state index contributed by atoms with van der Waals surface area (Å²) in [4.78, 5) is 4.85. The van der Waals surface area contributed by atoms with Crippen LogP contribution in [0.4, 0.5) is 34.1 Å². The molecule has 0 bridgehead atoms. The number of anilines is 6. The fraction of sp³-hybridized carbons (Fsp3) is 0.0483. The normalized spacial score (nSPS) is 14.2. The molecule has 0 amide bonds. The Bertz CT molecular complexity index is 8920. The minimum absolute atomic E-state index is 0.166. The van der Waals surface area contributed by atoms with Gasteiger partial charge in [-0.3, -0.25) is 0 Å². The molecule has 0 N–H and O–H groups in total. The van der Waals surface area contributed by atoms with Crippen molar-refractivity contribution in [1.82, 2.24) is 0 Å². The third kappa shape index (κ3) is 12.5. The number of hydrogen-bond donors (Lipinski definition) is 0. The van der Waals surface area contributed by atoms with E-state index in [9.17, 15) is 0 Å². The maximum atomic E-state index is 2.49. The minimum Gasteiger partial charge on any atom is -0.311 e. The van der Waals surface area contributed by atoms with Crippen molar-refractivity contribution in [2.24, 2.45) is 0 Å². The Balaban J connectivity index is 0.000000140. The maximum Gasteiger partial charge on any atom is 0.0720 e. The van der Waals surface area contributed by atoms with E-state index >= 15 is 0 Å². The summed E-state index contributed by atoms with van der Waals surface area (Å²) in [5.41, 5.74) is 56.1. The smallest absolute Gasteiger partial charge is 0.0720 e. The van der Waals surface area contributed by atoms with Crippen LogP contribution in [0.25, 0.3) is 122 Å². The Morgan fingerprint density at radius 3 is 0.646 bits per heavy atom. The van der Waals surface area contributed by atoms with Gasteiger partial charge in [-0.2, -0.15) is 0 Å². The van der Waals surface area contributed by atoms with E-state index in [2.05, 4.69) is 582 Å². The molecule has 0 aromatic heterocycles. The van der Waals surface area contributed by atoms with E-state index in [0.29, 0.717) is 0 Å². The second-order valence-corrected chi connectivity index (χ2v) is 41.0. The third-order valence-corrected chi connectivity index (χ3v) is 33.5. The summed E-state index contributed by atoms with van der Waals surface area (Å²) >= 11 is 0. The number of nitrogens with zero attached hydrogens (tertiary/aromatic N) is 2. The molecule has 23 aromatic rings. The lowest BCUT2D eigenvalue weighted by atomic mass is 9.52. The first-order valence-corrected chi connectivity index (χ1v) is 51.6. The van der Waals surface area contributed by atoms with E-state index in [1.807, 2.05) is 0 Å². The van der Waals surface area contributed by atoms with E-state index in [0.717, 1.165) is 39.7 Å². The fourth-order valence-electron chi connectivity index (χ4n) is 27.4. The molecule has 688 valence electrons. The van der Waals surface area contributed by atoms with Crippen LogP contribution in [0.5, 0.6) is 0 Å². The zero-order valence-electron chi connectivity index (χ0n) is 81.5. The number of benzene rings is 23. The summed E-state index contributed by atoms with van der Waals surface area (Å²) in [7, 11) is 0. The largest absolute Gasteiger partial charge is 0.311 e. The van der Waals surface area contributed by atoms with Crippen molar-refractivity contribution >= 4 is 34.1 Å². The summed E-state index contributed by atoms with van der Waals surface area (Å²) in [6.07, 6.45) is 0. The lowest BCUT2D eigenvalue weighted by molar-refractivity contribution is 0.633. The zero-order valence-corrected chi connectivity index (χ0v) is 81.5. The Morgan fingerprint density at radius 1 is 0.109 bits per heavy atom. The number of hydrogen-bond acceptors (Lipinski definition) is 2. The Labute approximate surface area is 859 Å². The molecule has 0 unspecified atom stereocenters. The lowest BCUT2D eigenvalue weighted by Gasteiger charge is -2.48. The van der Waals surface area contributed by atoms with Crippen molar-refractivity contribution in [2.75, 3.05) is 9.80 Å². The van der Waals surface area contributed by atoms with Gasteiger partial charge >= 0.3 is 0 Å². The molecule has 2 nitrogen and oxygen atoms in total. The monoisotopic (exact) mass is 1870 g/mol. The second-order valence-electron chi connectivity index (χ2n) is 41.0. The standard InChI is InChI=1S/C77H53N.C68H45N/c1-75(2)65-32-13-9-28-59(65)63-42-41-57(49-74(63)75)78(58-46-54(50-22-5-3-6-23-50)44-55(47-58)51-24-7-4-8-25-51)56-27-21-26-52(45-56)53-40-43-69-64(48-53)62-31-12-16-35-68(62)77(69)72-38-19-17-36-70(72)76(71-37-18-20-39-73(71)77)66-33-14-10-29-60(66)61-30-11-15-34-67(61)76;1-3-17-46(18-4-1)48-31-38-52(39-32-48)69(53-40-33-49(34-41-53)47-19-5-2-6-20-47)54-42-35-50(36-43-54)51-37-44-62-58(45-51)57-23-9-12-26-61(57)68(62)65-29-15-13-27-63(65)67(64-28-14-16-30-66(64)68)59-24-10-7-21-55(59)56-22-8-11-25-60(56)67/h3-49H,1-2H3;1-45H. The lowest BCUT2D eigenvalue weighted by Crippen LogP contribution is -2.43. The third-order valence-electron chi connectivity index (χ3n) is 33.5. The van der Waals surface area contributed by atoms with Crippen molar-refractivity contribution in [2.45, 2.75) is 40.9 Å². The van der Waals surface area contributed by atoms with Crippen LogP contribution in [0.1, 0.15) is 114 Å². The molecule has 0 radical (unpaired) electrons. The SMILES string of the molecule is CC1(C)c2ccccc2-c2ccc(N(c3cccc(-c4ccc5c(c4)-c4ccccc4C54c5ccccc5C5(c6ccccc6-c6ccccc65)c5ccccc54)c3)c3cc(-c4ccccc4)cc(-c4ccccc4)c3)cc21.c1ccc(-c2ccc(N(c3ccc(-c4ccccc4)cc3)c3ccc(-c4ccc5c(c4)-c4ccccc4C54c5ccccc5C5(c6ccccc6-c6ccccc65)c5ccccc54)cc3)cc2)cc1. The molecule has 2 heteroatoms. The molecule has 0 aliphatic heterocycles. The fourth-order valence-corrected chi connectivity index (χ4v) is 27.4.